The second-order valence-corrected chi connectivity index (χ2v) is 9.79. The zero-order valence-electron chi connectivity index (χ0n) is 17.9. The third kappa shape index (κ3) is 4.95. The molecular weight excluding hydrogens is 441 g/mol. The van der Waals surface area contributed by atoms with Crippen molar-refractivity contribution in [2.24, 2.45) is 0 Å². The molecule has 10 heteroatoms. The van der Waals surface area contributed by atoms with Gasteiger partial charge in [0.25, 0.3) is 10.0 Å². The van der Waals surface area contributed by atoms with Crippen LogP contribution in [0.1, 0.15) is 22.5 Å². The maximum absolute atomic E-state index is 14.4. The molecule has 3 heterocycles. The highest BCUT2D eigenvalue weighted by atomic mass is 35.5. The van der Waals surface area contributed by atoms with Crippen LogP contribution in [-0.2, 0) is 23.0 Å². The summed E-state index contributed by atoms with van der Waals surface area (Å²) in [5.74, 6) is -0.305. The van der Waals surface area contributed by atoms with Gasteiger partial charge in [0, 0.05) is 50.2 Å². The summed E-state index contributed by atoms with van der Waals surface area (Å²) in [6.45, 7) is 4.14. The van der Waals surface area contributed by atoms with E-state index in [4.69, 9.17) is 11.8 Å². The summed E-state index contributed by atoms with van der Waals surface area (Å²) in [4.78, 5) is 11.2. The van der Waals surface area contributed by atoms with Crippen molar-refractivity contribution in [1.29, 1.82) is 0 Å². The van der Waals surface area contributed by atoms with E-state index >= 15 is 0 Å². The van der Waals surface area contributed by atoms with Gasteiger partial charge in [0.15, 0.2) is 5.03 Å². The van der Waals surface area contributed by atoms with Crippen LogP contribution in [-0.4, -0.2) is 47.9 Å². The summed E-state index contributed by atoms with van der Waals surface area (Å²) in [6, 6.07) is 7.08. The van der Waals surface area contributed by atoms with Gasteiger partial charge in [-0.05, 0) is 55.5 Å². The number of halogens is 2. The van der Waals surface area contributed by atoms with E-state index in [-0.39, 0.29) is 23.9 Å². The van der Waals surface area contributed by atoms with Crippen molar-refractivity contribution >= 4 is 32.8 Å². The lowest BCUT2D eigenvalue weighted by molar-refractivity contribution is 0.517. The SMILES string of the molecule is Cc1ccc2c(n1)c(Cc1ccc(S(=O)(=O)N(C)C)nc1)c(C)n2C/C(F)=C/CNCl. The topological polar surface area (TPSA) is 80.1 Å². The van der Waals surface area contributed by atoms with E-state index in [0.717, 1.165) is 37.9 Å². The molecule has 3 aromatic heterocycles. The van der Waals surface area contributed by atoms with Gasteiger partial charge in [-0.15, -0.1) is 0 Å². The number of rotatable bonds is 8. The minimum Gasteiger partial charge on any atom is -0.336 e. The number of pyridine rings is 2. The fourth-order valence-electron chi connectivity index (χ4n) is 3.34. The number of nitrogens with zero attached hydrogens (tertiary/aromatic N) is 4. The van der Waals surface area contributed by atoms with Crippen molar-refractivity contribution in [2.45, 2.75) is 31.8 Å². The van der Waals surface area contributed by atoms with E-state index in [1.165, 1.54) is 26.2 Å². The molecule has 0 aliphatic rings. The third-order valence-corrected chi connectivity index (χ3v) is 6.95. The van der Waals surface area contributed by atoms with Crippen molar-refractivity contribution < 1.29 is 12.8 Å². The quantitative estimate of drug-likeness (QED) is 0.515. The van der Waals surface area contributed by atoms with Gasteiger partial charge in [-0.25, -0.2) is 26.9 Å². The molecule has 1 N–H and O–H groups in total. The average Bonchev–Trinajstić information content (AvgIpc) is 2.97. The lowest BCUT2D eigenvalue weighted by atomic mass is 10.1. The Labute approximate surface area is 186 Å². The molecule has 0 saturated heterocycles. The molecule has 0 aliphatic heterocycles. The molecule has 0 atom stereocenters. The molecule has 0 bridgehead atoms. The lowest BCUT2D eigenvalue weighted by Crippen LogP contribution is -2.23. The fourth-order valence-corrected chi connectivity index (χ4v) is 4.22. The molecule has 0 unspecified atom stereocenters. The molecule has 0 spiro atoms. The predicted octanol–water partition coefficient (Wildman–Crippen LogP) is 3.49. The van der Waals surface area contributed by atoms with E-state index in [0.29, 0.717) is 6.42 Å². The van der Waals surface area contributed by atoms with Crippen molar-refractivity contribution in [2.75, 3.05) is 20.6 Å². The minimum atomic E-state index is -3.59. The zero-order valence-corrected chi connectivity index (χ0v) is 19.4. The number of hydrogen-bond acceptors (Lipinski definition) is 5. The molecule has 166 valence electrons. The standard InChI is InChI=1S/C21H25ClFN5O2S/c1-14-5-7-19-21(26-14)18(15(2)28(19)13-17(23)9-10-25-22)11-16-6-8-20(24-12-16)31(29,30)27(3)4/h5-9,12,25H,10-11,13H2,1-4H3/b17-9-. The molecule has 0 saturated carbocycles. The summed E-state index contributed by atoms with van der Waals surface area (Å²) < 4.78 is 41.9. The molecule has 0 aliphatic carbocycles. The summed E-state index contributed by atoms with van der Waals surface area (Å²) in [7, 11) is -0.656. The Balaban J connectivity index is 2.01. The maximum Gasteiger partial charge on any atom is 0.260 e. The van der Waals surface area contributed by atoms with Crippen LogP contribution >= 0.6 is 11.8 Å². The fraction of sp³-hybridized carbons (Fsp3) is 0.333. The van der Waals surface area contributed by atoms with Crippen molar-refractivity contribution in [3.05, 3.63) is 64.9 Å². The van der Waals surface area contributed by atoms with Crippen molar-refractivity contribution in [1.82, 2.24) is 23.7 Å². The highest BCUT2D eigenvalue weighted by Crippen LogP contribution is 2.28. The Hall–Kier alpha value is -2.33. The van der Waals surface area contributed by atoms with Crippen LogP contribution in [0.3, 0.4) is 0 Å². The maximum atomic E-state index is 14.4. The summed E-state index contributed by atoms with van der Waals surface area (Å²) in [6.07, 6.45) is 3.45. The van der Waals surface area contributed by atoms with Crippen LogP contribution in [0.2, 0.25) is 0 Å². The molecule has 0 fully saturated rings. The number of allylic oxidation sites excluding steroid dienone is 1. The Morgan fingerprint density at radius 3 is 2.61 bits per heavy atom. The van der Waals surface area contributed by atoms with Gasteiger partial charge in [0.1, 0.15) is 5.83 Å². The van der Waals surface area contributed by atoms with E-state index in [9.17, 15) is 12.8 Å². The van der Waals surface area contributed by atoms with Gasteiger partial charge in [-0.3, -0.25) is 4.98 Å². The van der Waals surface area contributed by atoms with Crippen LogP contribution in [0, 0.1) is 13.8 Å². The molecule has 31 heavy (non-hydrogen) atoms. The average molecular weight is 466 g/mol. The molecular formula is C21H25ClFN5O2S. The number of hydrogen-bond donors (Lipinski definition) is 1. The van der Waals surface area contributed by atoms with E-state index < -0.39 is 10.0 Å². The van der Waals surface area contributed by atoms with E-state index in [2.05, 4.69) is 14.8 Å². The largest absolute Gasteiger partial charge is 0.336 e. The molecule has 0 radical (unpaired) electrons. The lowest BCUT2D eigenvalue weighted by Gasteiger charge is -2.11. The Kier molecular flexibility index (Phi) is 7.10. The van der Waals surface area contributed by atoms with Crippen molar-refractivity contribution in [3.8, 4) is 0 Å². The Bertz CT molecular complexity index is 1220. The van der Waals surface area contributed by atoms with Gasteiger partial charge >= 0.3 is 0 Å². The number of nitrogens with one attached hydrogen (secondary N) is 1. The molecule has 0 amide bonds. The van der Waals surface area contributed by atoms with Crippen LogP contribution in [0.4, 0.5) is 4.39 Å². The van der Waals surface area contributed by atoms with Gasteiger partial charge in [0.05, 0.1) is 17.6 Å². The Morgan fingerprint density at radius 1 is 1.26 bits per heavy atom. The van der Waals surface area contributed by atoms with E-state index in [1.807, 2.05) is 30.5 Å². The van der Waals surface area contributed by atoms with Crippen LogP contribution in [0.15, 0.2) is 47.4 Å². The second kappa shape index (κ2) is 9.44. The molecule has 3 aromatic rings. The highest BCUT2D eigenvalue weighted by molar-refractivity contribution is 7.89. The minimum absolute atomic E-state index is 0.00511. The first-order chi connectivity index (χ1) is 14.6. The monoisotopic (exact) mass is 465 g/mol. The van der Waals surface area contributed by atoms with Crippen LogP contribution < -0.4 is 4.84 Å². The summed E-state index contributed by atoms with van der Waals surface area (Å²) in [5, 5.41) is -0.00511. The molecule has 0 aromatic carbocycles. The van der Waals surface area contributed by atoms with Gasteiger partial charge in [0.2, 0.25) is 0 Å². The van der Waals surface area contributed by atoms with Gasteiger partial charge in [-0.2, -0.15) is 0 Å². The third-order valence-electron chi connectivity index (χ3n) is 5.06. The van der Waals surface area contributed by atoms with E-state index in [1.54, 1.807) is 12.3 Å². The first-order valence-electron chi connectivity index (χ1n) is 9.66. The molecule has 7 nitrogen and oxygen atoms in total. The van der Waals surface area contributed by atoms with Crippen LogP contribution in [0.5, 0.6) is 0 Å². The van der Waals surface area contributed by atoms with Gasteiger partial charge < -0.3 is 4.57 Å². The number of fused-ring (bicyclic) bond motifs is 1. The Morgan fingerprint density at radius 2 is 2.00 bits per heavy atom. The summed E-state index contributed by atoms with van der Waals surface area (Å²) >= 11 is 5.42. The number of aryl methyl sites for hydroxylation is 1. The smallest absolute Gasteiger partial charge is 0.260 e. The van der Waals surface area contributed by atoms with Crippen molar-refractivity contribution in [3.63, 3.8) is 0 Å². The predicted molar refractivity (Wildman–Crippen MR) is 120 cm³/mol. The second-order valence-electron chi connectivity index (χ2n) is 7.43. The zero-order chi connectivity index (χ0) is 22.8. The first kappa shape index (κ1) is 23.3. The molecule has 3 rings (SSSR count). The van der Waals surface area contributed by atoms with Gasteiger partial charge in [-0.1, -0.05) is 6.07 Å². The highest BCUT2D eigenvalue weighted by Gasteiger charge is 2.20. The normalized spacial score (nSPS) is 12.8. The number of aromatic nitrogens is 3. The number of sulfonamides is 1. The first-order valence-corrected chi connectivity index (χ1v) is 11.5. The summed E-state index contributed by atoms with van der Waals surface area (Å²) in [5.41, 5.74) is 5.17. The van der Waals surface area contributed by atoms with Crippen LogP contribution in [0.25, 0.3) is 11.0 Å².